The van der Waals surface area contributed by atoms with Gasteiger partial charge in [0.15, 0.2) is 9.84 Å². The lowest BCUT2D eigenvalue weighted by Gasteiger charge is -2.19. The van der Waals surface area contributed by atoms with Crippen LogP contribution in [0.3, 0.4) is 0 Å². The van der Waals surface area contributed by atoms with Crippen LogP contribution in [0.25, 0.3) is 0 Å². The van der Waals surface area contributed by atoms with E-state index in [2.05, 4.69) is 5.32 Å². The topological polar surface area (TPSA) is 46.2 Å². The fraction of sp³-hybridized carbons (Fsp3) is 0.500. The van der Waals surface area contributed by atoms with Gasteiger partial charge in [0.25, 0.3) is 0 Å². The number of nitrogens with one attached hydrogen (secondary N) is 1. The summed E-state index contributed by atoms with van der Waals surface area (Å²) in [6.07, 6.45) is 0. The maximum atomic E-state index is 12.1. The molecule has 0 radical (unpaired) electrons. The van der Waals surface area contributed by atoms with E-state index in [9.17, 15) is 8.42 Å². The van der Waals surface area contributed by atoms with Gasteiger partial charge >= 0.3 is 0 Å². The zero-order valence-corrected chi connectivity index (χ0v) is 10.8. The van der Waals surface area contributed by atoms with Crippen molar-refractivity contribution < 1.29 is 8.42 Å². The summed E-state index contributed by atoms with van der Waals surface area (Å²) in [5, 5.41) is 2.60. The summed E-state index contributed by atoms with van der Waals surface area (Å²) in [4.78, 5) is 0. The van der Waals surface area contributed by atoms with Crippen molar-refractivity contribution in [1.29, 1.82) is 0 Å². The van der Waals surface area contributed by atoms with Crippen molar-refractivity contribution in [3.05, 3.63) is 35.9 Å². The zero-order chi connectivity index (χ0) is 12.2. The van der Waals surface area contributed by atoms with Crippen molar-refractivity contribution in [3.8, 4) is 0 Å². The lowest BCUT2D eigenvalue weighted by Crippen LogP contribution is -2.38. The Morgan fingerprint density at radius 2 is 1.75 bits per heavy atom. The Balaban J connectivity index is 2.80. The highest BCUT2D eigenvalue weighted by Crippen LogP contribution is 2.13. The van der Waals surface area contributed by atoms with Crippen molar-refractivity contribution in [2.24, 2.45) is 0 Å². The lowest BCUT2D eigenvalue weighted by molar-refractivity contribution is 0.539. The van der Waals surface area contributed by atoms with Crippen molar-refractivity contribution in [2.45, 2.75) is 30.9 Å². The summed E-state index contributed by atoms with van der Waals surface area (Å²) in [6.45, 7) is 3.63. The monoisotopic (exact) mass is 241 g/mol. The quantitative estimate of drug-likeness (QED) is 0.851. The number of hydrogen-bond donors (Lipinski definition) is 1. The van der Waals surface area contributed by atoms with Crippen molar-refractivity contribution in [3.63, 3.8) is 0 Å². The summed E-state index contributed by atoms with van der Waals surface area (Å²) < 4.78 is 24.1. The number of hydrogen-bond acceptors (Lipinski definition) is 3. The minimum absolute atomic E-state index is 0.0336. The van der Waals surface area contributed by atoms with Gasteiger partial charge in [0, 0.05) is 6.04 Å². The van der Waals surface area contributed by atoms with Crippen LogP contribution in [0.4, 0.5) is 0 Å². The minimum Gasteiger partial charge on any atom is -0.316 e. The van der Waals surface area contributed by atoms with Gasteiger partial charge in [-0.15, -0.1) is 0 Å². The van der Waals surface area contributed by atoms with Gasteiger partial charge in [-0.2, -0.15) is 0 Å². The van der Waals surface area contributed by atoms with E-state index in [4.69, 9.17) is 0 Å². The van der Waals surface area contributed by atoms with Crippen molar-refractivity contribution in [2.75, 3.05) is 7.05 Å². The van der Waals surface area contributed by atoms with Gasteiger partial charge in [0.2, 0.25) is 0 Å². The molecule has 0 aliphatic rings. The van der Waals surface area contributed by atoms with Crippen LogP contribution in [0.15, 0.2) is 30.3 Å². The molecule has 0 amide bonds. The Morgan fingerprint density at radius 1 is 1.19 bits per heavy atom. The predicted molar refractivity (Wildman–Crippen MR) is 67.0 cm³/mol. The molecule has 2 unspecified atom stereocenters. The molecule has 0 saturated heterocycles. The molecule has 1 aromatic rings. The molecule has 2 atom stereocenters. The van der Waals surface area contributed by atoms with Crippen molar-refractivity contribution >= 4 is 9.84 Å². The summed E-state index contributed by atoms with van der Waals surface area (Å²) >= 11 is 0. The van der Waals surface area contributed by atoms with Crippen LogP contribution in [-0.4, -0.2) is 26.8 Å². The Morgan fingerprint density at radius 3 is 2.25 bits per heavy atom. The third-order valence-corrected chi connectivity index (χ3v) is 5.21. The third-order valence-electron chi connectivity index (χ3n) is 2.94. The first-order valence-corrected chi connectivity index (χ1v) is 7.11. The first-order valence-electron chi connectivity index (χ1n) is 5.40. The molecule has 0 fully saturated rings. The molecule has 16 heavy (non-hydrogen) atoms. The molecule has 0 spiro atoms. The van der Waals surface area contributed by atoms with Gasteiger partial charge in [0.05, 0.1) is 11.0 Å². The largest absolute Gasteiger partial charge is 0.316 e. The molecule has 90 valence electrons. The van der Waals surface area contributed by atoms with Gasteiger partial charge in [-0.1, -0.05) is 30.3 Å². The average Bonchev–Trinajstić information content (AvgIpc) is 2.27. The SMILES string of the molecule is CNC(C)C(C)S(=O)(=O)Cc1ccccc1. The summed E-state index contributed by atoms with van der Waals surface area (Å²) in [7, 11) is -1.31. The molecule has 4 heteroatoms. The molecule has 0 bridgehead atoms. The van der Waals surface area contributed by atoms with E-state index in [0.29, 0.717) is 0 Å². The van der Waals surface area contributed by atoms with E-state index in [1.54, 1.807) is 14.0 Å². The van der Waals surface area contributed by atoms with E-state index >= 15 is 0 Å². The highest BCUT2D eigenvalue weighted by molar-refractivity contribution is 7.91. The number of rotatable bonds is 5. The van der Waals surface area contributed by atoms with Crippen LogP contribution >= 0.6 is 0 Å². The maximum Gasteiger partial charge on any atom is 0.158 e. The first-order chi connectivity index (χ1) is 7.47. The normalized spacial score (nSPS) is 15.7. The Labute approximate surface area is 97.8 Å². The maximum absolute atomic E-state index is 12.1. The second-order valence-electron chi connectivity index (χ2n) is 4.08. The zero-order valence-electron chi connectivity index (χ0n) is 9.97. The summed E-state index contributed by atoms with van der Waals surface area (Å²) in [6, 6.07) is 9.25. The molecular weight excluding hydrogens is 222 g/mol. The molecule has 1 N–H and O–H groups in total. The van der Waals surface area contributed by atoms with Crippen LogP contribution in [0.2, 0.25) is 0 Å². The second kappa shape index (κ2) is 5.46. The molecule has 1 aromatic carbocycles. The van der Waals surface area contributed by atoms with Gasteiger partial charge in [-0.3, -0.25) is 0 Å². The molecule has 3 nitrogen and oxygen atoms in total. The predicted octanol–water partition coefficient (Wildman–Crippen LogP) is 1.60. The minimum atomic E-state index is -3.09. The van der Waals surface area contributed by atoms with E-state index in [1.165, 1.54) is 0 Å². The average molecular weight is 241 g/mol. The van der Waals surface area contributed by atoms with E-state index < -0.39 is 9.84 Å². The lowest BCUT2D eigenvalue weighted by atomic mass is 10.2. The third kappa shape index (κ3) is 3.32. The summed E-state index contributed by atoms with van der Waals surface area (Å²) in [5.41, 5.74) is 0.845. The molecule has 0 aliphatic heterocycles. The fourth-order valence-corrected chi connectivity index (χ4v) is 3.16. The van der Waals surface area contributed by atoms with Crippen LogP contribution in [0, 0.1) is 0 Å². The van der Waals surface area contributed by atoms with Gasteiger partial charge in [0.1, 0.15) is 0 Å². The Kier molecular flexibility index (Phi) is 4.50. The molecule has 0 saturated carbocycles. The Bertz CT molecular complexity index is 414. The molecule has 0 aliphatic carbocycles. The van der Waals surface area contributed by atoms with Gasteiger partial charge in [-0.25, -0.2) is 8.42 Å². The highest BCUT2D eigenvalue weighted by Gasteiger charge is 2.25. The molecule has 1 rings (SSSR count). The van der Waals surface area contributed by atoms with Crippen LogP contribution in [-0.2, 0) is 15.6 Å². The van der Waals surface area contributed by atoms with Crippen LogP contribution in [0.1, 0.15) is 19.4 Å². The highest BCUT2D eigenvalue weighted by atomic mass is 32.2. The second-order valence-corrected chi connectivity index (χ2v) is 6.43. The van der Waals surface area contributed by atoms with E-state index in [0.717, 1.165) is 5.56 Å². The number of benzene rings is 1. The van der Waals surface area contributed by atoms with E-state index in [-0.39, 0.29) is 17.0 Å². The fourth-order valence-electron chi connectivity index (χ4n) is 1.48. The summed E-state index contributed by atoms with van der Waals surface area (Å²) in [5.74, 6) is 0.112. The van der Waals surface area contributed by atoms with E-state index in [1.807, 2.05) is 37.3 Å². The molecule has 0 heterocycles. The van der Waals surface area contributed by atoms with Crippen LogP contribution in [0.5, 0.6) is 0 Å². The number of sulfone groups is 1. The molecule has 0 aromatic heterocycles. The van der Waals surface area contributed by atoms with Crippen molar-refractivity contribution in [1.82, 2.24) is 5.32 Å². The first kappa shape index (κ1) is 13.2. The van der Waals surface area contributed by atoms with Gasteiger partial charge < -0.3 is 5.32 Å². The smallest absolute Gasteiger partial charge is 0.158 e. The standard InChI is InChI=1S/C12H19NO2S/c1-10(13-3)11(2)16(14,15)9-12-7-5-4-6-8-12/h4-8,10-11,13H,9H2,1-3H3. The molecular formula is C12H19NO2S. The Hall–Kier alpha value is -0.870. The van der Waals surface area contributed by atoms with Crippen LogP contribution < -0.4 is 5.32 Å². The van der Waals surface area contributed by atoms with Gasteiger partial charge in [-0.05, 0) is 26.5 Å².